The van der Waals surface area contributed by atoms with Crippen LogP contribution in [0.15, 0.2) is 48.5 Å². The Balaban J connectivity index is 1.49. The standard InChI is InChI=1S/C39H45Cl2N3O8/c1-7-24(38(45)46)15-16-25-17-31(40)36(43-34(25)49-5)51-20-26-11-9-13-29(22(26)3)30-14-10-12-27(23(30)4)21-52-37-32(41)18-28(35(44-37)50-6)19-42-33(8-2)39(47)48/h9-14,17-18,24,33,42H,7-8,15-16,19-21H2,1-6H3,(H,45,46)(H,47,48)/t24-,33+/m0/s1. The molecule has 0 amide bonds. The Morgan fingerprint density at radius 3 is 1.67 bits per heavy atom. The first-order chi connectivity index (χ1) is 24.9. The van der Waals surface area contributed by atoms with E-state index < -0.39 is 23.9 Å². The van der Waals surface area contributed by atoms with Crippen molar-refractivity contribution in [2.75, 3.05) is 14.2 Å². The third kappa shape index (κ3) is 9.84. The first kappa shape index (κ1) is 40.2. The van der Waals surface area contributed by atoms with E-state index in [4.69, 9.17) is 42.1 Å². The molecule has 0 spiro atoms. The lowest BCUT2D eigenvalue weighted by molar-refractivity contribution is -0.142. The van der Waals surface area contributed by atoms with Crippen molar-refractivity contribution in [2.24, 2.45) is 5.92 Å². The summed E-state index contributed by atoms with van der Waals surface area (Å²) in [6.45, 7) is 8.33. The molecule has 0 aliphatic rings. The number of carbonyl (C=O) groups is 2. The molecular formula is C39H45Cl2N3O8. The number of nitrogens with one attached hydrogen (secondary N) is 1. The number of halogens is 2. The number of pyridine rings is 2. The molecule has 13 heteroatoms. The number of aryl methyl sites for hydroxylation is 1. The number of carboxylic acids is 2. The maximum atomic E-state index is 11.5. The summed E-state index contributed by atoms with van der Waals surface area (Å²) in [6.07, 6.45) is 1.86. The van der Waals surface area contributed by atoms with Gasteiger partial charge in [-0.15, -0.1) is 0 Å². The average molecular weight is 755 g/mol. The summed E-state index contributed by atoms with van der Waals surface area (Å²) in [7, 11) is 3.00. The molecular weight excluding hydrogens is 709 g/mol. The van der Waals surface area contributed by atoms with E-state index in [1.54, 1.807) is 19.1 Å². The van der Waals surface area contributed by atoms with Gasteiger partial charge in [-0.3, -0.25) is 9.59 Å². The van der Waals surface area contributed by atoms with Crippen molar-refractivity contribution in [1.82, 2.24) is 15.3 Å². The number of hydrogen-bond acceptors (Lipinski definition) is 9. The number of benzene rings is 2. The Morgan fingerprint density at radius 2 is 1.23 bits per heavy atom. The maximum absolute atomic E-state index is 11.5. The Bertz CT molecular complexity index is 1750. The highest BCUT2D eigenvalue weighted by molar-refractivity contribution is 6.32. The van der Waals surface area contributed by atoms with E-state index in [0.29, 0.717) is 48.0 Å². The van der Waals surface area contributed by atoms with Crippen molar-refractivity contribution in [3.05, 3.63) is 92.0 Å². The summed E-state index contributed by atoms with van der Waals surface area (Å²) in [4.78, 5) is 31.9. The predicted molar refractivity (Wildman–Crippen MR) is 200 cm³/mol. The molecule has 3 N–H and O–H groups in total. The van der Waals surface area contributed by atoms with Gasteiger partial charge in [-0.2, -0.15) is 9.97 Å². The second-order valence-corrected chi connectivity index (χ2v) is 13.1. The molecule has 0 bridgehead atoms. The molecule has 2 aromatic carbocycles. The molecule has 2 heterocycles. The summed E-state index contributed by atoms with van der Waals surface area (Å²) in [6, 6.07) is 14.7. The molecule has 0 fully saturated rings. The van der Waals surface area contributed by atoms with Crippen LogP contribution in [0.4, 0.5) is 0 Å². The normalized spacial score (nSPS) is 12.2. The number of rotatable bonds is 19. The molecule has 11 nitrogen and oxygen atoms in total. The van der Waals surface area contributed by atoms with E-state index in [1.165, 1.54) is 14.2 Å². The van der Waals surface area contributed by atoms with Gasteiger partial charge in [0.05, 0.1) is 20.1 Å². The van der Waals surface area contributed by atoms with Gasteiger partial charge in [-0.25, -0.2) is 0 Å². The van der Waals surface area contributed by atoms with Crippen molar-refractivity contribution in [3.63, 3.8) is 0 Å². The predicted octanol–water partition coefficient (Wildman–Crippen LogP) is 8.24. The van der Waals surface area contributed by atoms with Crippen molar-refractivity contribution < 1.29 is 38.7 Å². The van der Waals surface area contributed by atoms with Gasteiger partial charge >= 0.3 is 11.9 Å². The van der Waals surface area contributed by atoms with Crippen molar-refractivity contribution in [2.45, 2.75) is 79.2 Å². The minimum absolute atomic E-state index is 0.198. The van der Waals surface area contributed by atoms with Gasteiger partial charge in [0.1, 0.15) is 29.3 Å². The van der Waals surface area contributed by atoms with Crippen LogP contribution in [0.25, 0.3) is 11.1 Å². The molecule has 0 radical (unpaired) electrons. The number of aliphatic carboxylic acids is 2. The fourth-order valence-electron chi connectivity index (χ4n) is 5.88. The highest BCUT2D eigenvalue weighted by atomic mass is 35.5. The van der Waals surface area contributed by atoms with E-state index in [9.17, 15) is 19.8 Å². The zero-order valence-corrected chi connectivity index (χ0v) is 31.7. The second-order valence-electron chi connectivity index (χ2n) is 12.3. The lowest BCUT2D eigenvalue weighted by Gasteiger charge is -2.18. The summed E-state index contributed by atoms with van der Waals surface area (Å²) in [5, 5.41) is 22.4. The average Bonchev–Trinajstić information content (AvgIpc) is 3.12. The number of hydrogen-bond donors (Lipinski definition) is 3. The first-order valence-electron chi connectivity index (χ1n) is 17.0. The summed E-state index contributed by atoms with van der Waals surface area (Å²) in [5.41, 5.74) is 7.31. The Morgan fingerprint density at radius 1 is 0.731 bits per heavy atom. The number of methoxy groups -OCH3 is 2. The zero-order chi connectivity index (χ0) is 37.9. The van der Waals surface area contributed by atoms with Crippen molar-refractivity contribution in [1.29, 1.82) is 0 Å². The van der Waals surface area contributed by atoms with Crippen molar-refractivity contribution in [3.8, 4) is 34.6 Å². The minimum Gasteiger partial charge on any atom is -0.481 e. The molecule has 0 unspecified atom stereocenters. The molecule has 0 saturated heterocycles. The Labute approximate surface area is 314 Å². The lowest BCUT2D eigenvalue weighted by Crippen LogP contribution is -2.35. The smallest absolute Gasteiger partial charge is 0.320 e. The fourth-order valence-corrected chi connectivity index (χ4v) is 6.33. The van der Waals surface area contributed by atoms with Crippen molar-refractivity contribution >= 4 is 35.1 Å². The largest absolute Gasteiger partial charge is 0.481 e. The Kier molecular flexibility index (Phi) is 14.5. The number of nitrogens with zero attached hydrogens (tertiary/aromatic N) is 2. The third-order valence-electron chi connectivity index (χ3n) is 9.11. The van der Waals surface area contributed by atoms with Crippen LogP contribution in [0.1, 0.15) is 66.5 Å². The summed E-state index contributed by atoms with van der Waals surface area (Å²) >= 11 is 13.1. The molecule has 4 rings (SSSR count). The lowest BCUT2D eigenvalue weighted by atomic mass is 9.92. The van der Waals surface area contributed by atoms with E-state index in [0.717, 1.165) is 38.9 Å². The highest BCUT2D eigenvalue weighted by Gasteiger charge is 2.20. The maximum Gasteiger partial charge on any atom is 0.320 e. The topological polar surface area (TPSA) is 149 Å². The van der Waals surface area contributed by atoms with Gasteiger partial charge in [0.2, 0.25) is 23.5 Å². The van der Waals surface area contributed by atoms with Gasteiger partial charge in [0.25, 0.3) is 0 Å². The van der Waals surface area contributed by atoms with Gasteiger partial charge in [0.15, 0.2) is 0 Å². The van der Waals surface area contributed by atoms with Gasteiger partial charge in [0, 0.05) is 17.7 Å². The molecule has 0 aliphatic heterocycles. The van der Waals surface area contributed by atoms with Crippen LogP contribution in [-0.4, -0.2) is 52.4 Å². The molecule has 0 saturated carbocycles. The molecule has 4 aromatic rings. The van der Waals surface area contributed by atoms with Crippen LogP contribution >= 0.6 is 23.2 Å². The second kappa shape index (κ2) is 18.8. The number of carboxylic acid groups (broad SMARTS) is 2. The van der Waals surface area contributed by atoms with Crippen LogP contribution in [-0.2, 0) is 35.8 Å². The SMILES string of the molecule is CC[C@@H](CCc1cc(Cl)c(OCc2cccc(-c3cccc(COc4nc(OC)c(CN[C@H](CC)C(=O)O)cc4Cl)c3C)c2C)nc1OC)C(=O)O. The third-order valence-corrected chi connectivity index (χ3v) is 9.65. The van der Waals surface area contributed by atoms with Crippen LogP contribution in [0, 0.1) is 19.8 Å². The van der Waals surface area contributed by atoms with Crippen LogP contribution in [0.2, 0.25) is 10.0 Å². The monoisotopic (exact) mass is 753 g/mol. The van der Waals surface area contributed by atoms with E-state index in [-0.39, 0.29) is 36.5 Å². The summed E-state index contributed by atoms with van der Waals surface area (Å²) in [5.74, 6) is -1.14. The fraction of sp³-hybridized carbons (Fsp3) is 0.385. The van der Waals surface area contributed by atoms with Crippen LogP contribution in [0.3, 0.4) is 0 Å². The van der Waals surface area contributed by atoms with Gasteiger partial charge in [-0.1, -0.05) is 73.4 Å². The molecule has 278 valence electrons. The Hall–Kier alpha value is -4.58. The van der Waals surface area contributed by atoms with E-state index in [1.807, 2.05) is 45.0 Å². The quantitative estimate of drug-likeness (QED) is 0.0850. The molecule has 2 aromatic heterocycles. The van der Waals surface area contributed by atoms with Gasteiger partial charge < -0.3 is 34.5 Å². The first-order valence-corrected chi connectivity index (χ1v) is 17.8. The minimum atomic E-state index is -0.934. The van der Waals surface area contributed by atoms with Gasteiger partial charge in [-0.05, 0) is 85.0 Å². The molecule has 2 atom stereocenters. The highest BCUT2D eigenvalue weighted by Crippen LogP contribution is 2.35. The van der Waals surface area contributed by atoms with Crippen LogP contribution < -0.4 is 24.3 Å². The zero-order valence-electron chi connectivity index (χ0n) is 30.2. The number of ether oxygens (including phenoxy) is 4. The molecule has 0 aliphatic carbocycles. The summed E-state index contributed by atoms with van der Waals surface area (Å²) < 4.78 is 23.2. The van der Waals surface area contributed by atoms with E-state index in [2.05, 4.69) is 27.4 Å². The van der Waals surface area contributed by atoms with Crippen LogP contribution in [0.5, 0.6) is 23.5 Å². The number of aromatic nitrogens is 2. The van der Waals surface area contributed by atoms with E-state index >= 15 is 0 Å². The molecule has 52 heavy (non-hydrogen) atoms.